The zero-order valence-electron chi connectivity index (χ0n) is 9.48. The van der Waals surface area contributed by atoms with Gasteiger partial charge < -0.3 is 10.0 Å². The van der Waals surface area contributed by atoms with Crippen molar-refractivity contribution in [2.24, 2.45) is 11.8 Å². The first-order valence-electron chi connectivity index (χ1n) is 6.13. The lowest BCUT2D eigenvalue weighted by Crippen LogP contribution is -2.42. The maximum atomic E-state index is 11.3. The molecule has 0 aromatic rings. The fourth-order valence-electron chi connectivity index (χ4n) is 3.40. The third-order valence-electron chi connectivity index (χ3n) is 4.21. The molecular formula is C12H21NO2. The molecule has 2 rings (SSSR count). The number of fused-ring (bicyclic) bond motifs is 1. The van der Waals surface area contributed by atoms with Crippen LogP contribution in [0.3, 0.4) is 0 Å². The summed E-state index contributed by atoms with van der Waals surface area (Å²) in [5.74, 6) is -0.244. The summed E-state index contributed by atoms with van der Waals surface area (Å²) in [5.41, 5.74) is 0. The van der Waals surface area contributed by atoms with Gasteiger partial charge in [0.15, 0.2) is 0 Å². The molecule has 3 atom stereocenters. The monoisotopic (exact) mass is 211 g/mol. The molecule has 3 nitrogen and oxygen atoms in total. The summed E-state index contributed by atoms with van der Waals surface area (Å²) in [7, 11) is 2.16. The highest BCUT2D eigenvalue weighted by atomic mass is 16.4. The first kappa shape index (κ1) is 10.9. The minimum atomic E-state index is -0.567. The highest BCUT2D eigenvalue weighted by molar-refractivity contribution is 5.70. The molecule has 0 radical (unpaired) electrons. The molecule has 0 spiro atoms. The van der Waals surface area contributed by atoms with E-state index in [1.165, 1.54) is 19.3 Å². The number of nitrogens with zero attached hydrogens (tertiary/aromatic N) is 1. The van der Waals surface area contributed by atoms with Crippen LogP contribution in [0.5, 0.6) is 0 Å². The van der Waals surface area contributed by atoms with E-state index < -0.39 is 5.97 Å². The van der Waals surface area contributed by atoms with Gasteiger partial charge in [-0.05, 0) is 45.2 Å². The van der Waals surface area contributed by atoms with Crippen molar-refractivity contribution in [3.05, 3.63) is 0 Å². The van der Waals surface area contributed by atoms with Gasteiger partial charge in [-0.15, -0.1) is 0 Å². The van der Waals surface area contributed by atoms with Gasteiger partial charge in [0.2, 0.25) is 0 Å². The van der Waals surface area contributed by atoms with Crippen molar-refractivity contribution in [3.8, 4) is 0 Å². The van der Waals surface area contributed by atoms with E-state index in [-0.39, 0.29) is 5.92 Å². The normalized spacial score (nSPS) is 38.1. The molecule has 3 unspecified atom stereocenters. The van der Waals surface area contributed by atoms with Gasteiger partial charge in [-0.25, -0.2) is 0 Å². The summed E-state index contributed by atoms with van der Waals surface area (Å²) in [5, 5.41) is 9.27. The maximum Gasteiger partial charge on any atom is 0.306 e. The van der Waals surface area contributed by atoms with E-state index in [0.717, 1.165) is 25.8 Å². The van der Waals surface area contributed by atoms with E-state index in [2.05, 4.69) is 11.9 Å². The van der Waals surface area contributed by atoms with Gasteiger partial charge in [0, 0.05) is 6.04 Å². The van der Waals surface area contributed by atoms with Crippen LogP contribution in [0.4, 0.5) is 0 Å². The minimum absolute atomic E-state index is 0.0831. The van der Waals surface area contributed by atoms with Crippen molar-refractivity contribution in [1.82, 2.24) is 4.90 Å². The Morgan fingerprint density at radius 3 is 2.67 bits per heavy atom. The largest absolute Gasteiger partial charge is 0.481 e. The summed E-state index contributed by atoms with van der Waals surface area (Å²) in [6.45, 7) is 1.07. The van der Waals surface area contributed by atoms with Gasteiger partial charge in [-0.2, -0.15) is 0 Å². The number of hydrogen-bond donors (Lipinski definition) is 1. The number of rotatable bonds is 1. The van der Waals surface area contributed by atoms with Crippen LogP contribution in [-0.4, -0.2) is 35.6 Å². The predicted molar refractivity (Wildman–Crippen MR) is 58.7 cm³/mol. The Kier molecular flexibility index (Phi) is 3.29. The van der Waals surface area contributed by atoms with Crippen LogP contribution < -0.4 is 0 Å². The lowest BCUT2D eigenvalue weighted by Gasteiger charge is -2.38. The summed E-state index contributed by atoms with van der Waals surface area (Å²) in [6, 6.07) is 0.530. The molecule has 2 fully saturated rings. The Labute approximate surface area is 91.5 Å². The molecule has 15 heavy (non-hydrogen) atoms. The molecular weight excluding hydrogens is 190 g/mol. The molecule has 86 valence electrons. The second-order valence-corrected chi connectivity index (χ2v) is 5.08. The second-order valence-electron chi connectivity index (χ2n) is 5.08. The number of carboxylic acids is 1. The summed E-state index contributed by atoms with van der Waals surface area (Å²) < 4.78 is 0. The highest BCUT2D eigenvalue weighted by Crippen LogP contribution is 2.37. The van der Waals surface area contributed by atoms with Gasteiger partial charge in [-0.3, -0.25) is 4.79 Å². The van der Waals surface area contributed by atoms with E-state index in [0.29, 0.717) is 12.0 Å². The van der Waals surface area contributed by atoms with E-state index in [1.807, 2.05) is 0 Å². The number of aliphatic carboxylic acids is 1. The van der Waals surface area contributed by atoms with E-state index in [4.69, 9.17) is 0 Å². The van der Waals surface area contributed by atoms with Crippen LogP contribution in [0.25, 0.3) is 0 Å². The fourth-order valence-corrected chi connectivity index (χ4v) is 3.40. The molecule has 1 heterocycles. The van der Waals surface area contributed by atoms with Gasteiger partial charge in [0.25, 0.3) is 0 Å². The van der Waals surface area contributed by atoms with Crippen LogP contribution in [0, 0.1) is 11.8 Å². The van der Waals surface area contributed by atoms with Crippen LogP contribution in [-0.2, 0) is 4.79 Å². The van der Waals surface area contributed by atoms with Gasteiger partial charge in [-0.1, -0.05) is 12.8 Å². The van der Waals surface area contributed by atoms with Crippen molar-refractivity contribution in [2.75, 3.05) is 13.6 Å². The standard InChI is InChI=1S/C12H21NO2/c1-13-8-4-6-10(12(14)15)9-5-2-3-7-11(9)13/h9-11H,2-8H2,1H3,(H,14,15). The Balaban J connectivity index is 2.16. The fraction of sp³-hybridized carbons (Fsp3) is 0.917. The third-order valence-corrected chi connectivity index (χ3v) is 4.21. The smallest absolute Gasteiger partial charge is 0.306 e. The van der Waals surface area contributed by atoms with E-state index in [1.54, 1.807) is 0 Å². The second kappa shape index (κ2) is 4.52. The number of likely N-dealkylation sites (tertiary alicyclic amines) is 1. The lowest BCUT2D eigenvalue weighted by molar-refractivity contribution is -0.145. The first-order chi connectivity index (χ1) is 7.20. The Bertz CT molecular complexity index is 242. The van der Waals surface area contributed by atoms with Crippen molar-refractivity contribution in [3.63, 3.8) is 0 Å². The SMILES string of the molecule is CN1CCCC(C(=O)O)C2CCCCC21. The highest BCUT2D eigenvalue weighted by Gasteiger charge is 2.39. The summed E-state index contributed by atoms with van der Waals surface area (Å²) >= 11 is 0. The Morgan fingerprint density at radius 1 is 1.20 bits per heavy atom. The molecule has 0 aromatic carbocycles. The van der Waals surface area contributed by atoms with Gasteiger partial charge in [0.1, 0.15) is 0 Å². The number of hydrogen-bond acceptors (Lipinski definition) is 2. The van der Waals surface area contributed by atoms with Gasteiger partial charge >= 0.3 is 5.97 Å². The predicted octanol–water partition coefficient (Wildman–Crippen LogP) is 1.97. The lowest BCUT2D eigenvalue weighted by atomic mass is 9.75. The molecule has 0 aromatic heterocycles. The molecule has 1 N–H and O–H groups in total. The summed E-state index contributed by atoms with van der Waals surface area (Å²) in [4.78, 5) is 13.6. The average molecular weight is 211 g/mol. The topological polar surface area (TPSA) is 40.5 Å². The quantitative estimate of drug-likeness (QED) is 0.721. The van der Waals surface area contributed by atoms with Crippen LogP contribution in [0.15, 0.2) is 0 Å². The van der Waals surface area contributed by atoms with Gasteiger partial charge in [0.05, 0.1) is 5.92 Å². The number of carbonyl (C=O) groups is 1. The average Bonchev–Trinajstić information content (AvgIpc) is 2.39. The van der Waals surface area contributed by atoms with Crippen molar-refractivity contribution in [1.29, 1.82) is 0 Å². The maximum absolute atomic E-state index is 11.3. The molecule has 1 saturated heterocycles. The molecule has 3 heteroatoms. The Hall–Kier alpha value is -0.570. The van der Waals surface area contributed by atoms with Crippen LogP contribution in [0.2, 0.25) is 0 Å². The molecule has 0 amide bonds. The molecule has 1 aliphatic heterocycles. The van der Waals surface area contributed by atoms with E-state index >= 15 is 0 Å². The first-order valence-corrected chi connectivity index (χ1v) is 6.13. The zero-order chi connectivity index (χ0) is 10.8. The van der Waals surface area contributed by atoms with Crippen molar-refractivity contribution >= 4 is 5.97 Å². The van der Waals surface area contributed by atoms with Crippen LogP contribution >= 0.6 is 0 Å². The van der Waals surface area contributed by atoms with E-state index in [9.17, 15) is 9.90 Å². The zero-order valence-corrected chi connectivity index (χ0v) is 9.48. The molecule has 1 aliphatic carbocycles. The third kappa shape index (κ3) is 2.17. The summed E-state index contributed by atoms with van der Waals surface area (Å²) in [6.07, 6.45) is 6.73. The molecule has 2 aliphatic rings. The van der Waals surface area contributed by atoms with Crippen LogP contribution in [0.1, 0.15) is 38.5 Å². The minimum Gasteiger partial charge on any atom is -0.481 e. The number of carboxylic acid groups (broad SMARTS) is 1. The molecule has 0 bridgehead atoms. The van der Waals surface area contributed by atoms with Crippen molar-refractivity contribution in [2.45, 2.75) is 44.6 Å². The Morgan fingerprint density at radius 2 is 1.93 bits per heavy atom. The van der Waals surface area contributed by atoms with Crippen molar-refractivity contribution < 1.29 is 9.90 Å². The molecule has 1 saturated carbocycles.